The Morgan fingerprint density at radius 2 is 1.94 bits per heavy atom. The van der Waals surface area contributed by atoms with Gasteiger partial charge in [0.15, 0.2) is 0 Å². The van der Waals surface area contributed by atoms with Crippen LogP contribution in [0.25, 0.3) is 16.3 Å². The highest BCUT2D eigenvalue weighted by Gasteiger charge is 2.14. The van der Waals surface area contributed by atoms with E-state index < -0.39 is 0 Å². The van der Waals surface area contributed by atoms with Gasteiger partial charge in [-0.3, -0.25) is 0 Å². The molecule has 3 rings (SSSR count). The molecule has 1 heterocycles. The zero-order valence-electron chi connectivity index (χ0n) is 10.8. The van der Waals surface area contributed by atoms with Gasteiger partial charge in [0.2, 0.25) is 0 Å². The van der Waals surface area contributed by atoms with Crippen LogP contribution in [0.15, 0.2) is 48.5 Å². The number of benzene rings is 2. The van der Waals surface area contributed by atoms with E-state index in [1.54, 1.807) is 0 Å². The summed E-state index contributed by atoms with van der Waals surface area (Å²) < 4.78 is 0. The maximum absolute atomic E-state index is 3.53. The molecule has 0 aliphatic carbocycles. The fraction of sp³-hybridized carbons (Fsp3) is 0.294. The lowest BCUT2D eigenvalue weighted by atomic mass is 9.93. The second-order valence-electron chi connectivity index (χ2n) is 5.01. The highest BCUT2D eigenvalue weighted by molar-refractivity contribution is 5.86. The van der Waals surface area contributed by atoms with Gasteiger partial charge in [-0.15, -0.1) is 0 Å². The normalized spacial score (nSPS) is 19.8. The Kier molecular flexibility index (Phi) is 3.16. The van der Waals surface area contributed by atoms with E-state index in [4.69, 9.17) is 0 Å². The molecule has 1 aliphatic rings. The van der Waals surface area contributed by atoms with Gasteiger partial charge in [0.05, 0.1) is 0 Å². The quantitative estimate of drug-likeness (QED) is 0.832. The van der Waals surface area contributed by atoms with Gasteiger partial charge in [0.1, 0.15) is 0 Å². The maximum atomic E-state index is 3.53. The Balaban J connectivity index is 1.96. The van der Waals surface area contributed by atoms with Crippen molar-refractivity contribution in [2.24, 2.45) is 0 Å². The predicted octanol–water partition coefficient (Wildman–Crippen LogP) is 4.00. The molecule has 1 unspecified atom stereocenters. The van der Waals surface area contributed by atoms with Crippen molar-refractivity contribution in [3.8, 4) is 0 Å². The van der Waals surface area contributed by atoms with Crippen LogP contribution in [0.5, 0.6) is 0 Å². The van der Waals surface area contributed by atoms with Gasteiger partial charge < -0.3 is 5.32 Å². The first-order valence-corrected chi connectivity index (χ1v) is 6.78. The van der Waals surface area contributed by atoms with Crippen LogP contribution in [0.1, 0.15) is 25.3 Å². The summed E-state index contributed by atoms with van der Waals surface area (Å²) in [5.41, 5.74) is 2.88. The Morgan fingerprint density at radius 3 is 2.78 bits per heavy atom. The minimum Gasteiger partial charge on any atom is -0.310 e. The third kappa shape index (κ3) is 2.19. The third-order valence-corrected chi connectivity index (χ3v) is 3.83. The molecule has 0 amide bonds. The molecule has 1 atom stereocenters. The average molecular weight is 237 g/mol. The molecule has 0 fully saturated rings. The van der Waals surface area contributed by atoms with Gasteiger partial charge in [-0.05, 0) is 40.8 Å². The molecule has 0 spiro atoms. The van der Waals surface area contributed by atoms with Crippen molar-refractivity contribution in [3.05, 3.63) is 54.1 Å². The lowest BCUT2D eigenvalue weighted by Crippen LogP contribution is -2.32. The van der Waals surface area contributed by atoms with Crippen molar-refractivity contribution in [3.63, 3.8) is 0 Å². The summed E-state index contributed by atoms with van der Waals surface area (Å²) in [4.78, 5) is 0. The van der Waals surface area contributed by atoms with Gasteiger partial charge in [-0.25, -0.2) is 0 Å². The van der Waals surface area contributed by atoms with E-state index in [2.05, 4.69) is 60.8 Å². The summed E-state index contributed by atoms with van der Waals surface area (Å²) in [6, 6.07) is 16.0. The first-order chi connectivity index (χ1) is 8.86. The van der Waals surface area contributed by atoms with Crippen molar-refractivity contribution in [2.75, 3.05) is 6.54 Å². The number of hydrogen-bond acceptors (Lipinski definition) is 1. The smallest absolute Gasteiger partial charge is 0.0143 e. The first kappa shape index (κ1) is 11.5. The molecule has 2 aromatic carbocycles. The monoisotopic (exact) mass is 237 g/mol. The minimum atomic E-state index is 0.636. The molecule has 92 valence electrons. The van der Waals surface area contributed by atoms with Gasteiger partial charge in [0, 0.05) is 12.6 Å². The zero-order chi connectivity index (χ0) is 12.4. The van der Waals surface area contributed by atoms with E-state index in [1.807, 2.05) is 0 Å². The summed E-state index contributed by atoms with van der Waals surface area (Å²) in [6.45, 7) is 3.25. The first-order valence-electron chi connectivity index (χ1n) is 6.78. The Hall–Kier alpha value is -1.60. The Labute approximate surface area is 109 Å². The van der Waals surface area contributed by atoms with Crippen LogP contribution in [0.3, 0.4) is 0 Å². The van der Waals surface area contributed by atoms with Crippen LogP contribution in [0.2, 0.25) is 0 Å². The van der Waals surface area contributed by atoms with E-state index in [-0.39, 0.29) is 0 Å². The Morgan fingerprint density at radius 1 is 1.11 bits per heavy atom. The standard InChI is InChI=1S/C17H19N/c1-2-17-12-16(9-10-18-17)15-8-7-13-5-3-4-6-14(13)11-15/h3-9,11,17-18H,2,10,12H2,1H3. The van der Waals surface area contributed by atoms with Crippen molar-refractivity contribution in [2.45, 2.75) is 25.8 Å². The summed E-state index contributed by atoms with van der Waals surface area (Å²) in [5.74, 6) is 0. The minimum absolute atomic E-state index is 0.636. The summed E-state index contributed by atoms with van der Waals surface area (Å²) in [5, 5.41) is 6.19. The number of fused-ring (bicyclic) bond motifs is 1. The Bertz CT molecular complexity index is 583. The van der Waals surface area contributed by atoms with Crippen molar-refractivity contribution in [1.29, 1.82) is 0 Å². The van der Waals surface area contributed by atoms with Gasteiger partial charge in [-0.2, -0.15) is 0 Å². The van der Waals surface area contributed by atoms with Crippen LogP contribution >= 0.6 is 0 Å². The van der Waals surface area contributed by atoms with Gasteiger partial charge >= 0.3 is 0 Å². The maximum Gasteiger partial charge on any atom is 0.0143 e. The molecule has 1 N–H and O–H groups in total. The van der Waals surface area contributed by atoms with Crippen LogP contribution in [-0.4, -0.2) is 12.6 Å². The summed E-state index contributed by atoms with van der Waals surface area (Å²) in [7, 11) is 0. The second kappa shape index (κ2) is 4.95. The highest BCUT2D eigenvalue weighted by atomic mass is 14.9. The molecule has 1 nitrogen and oxygen atoms in total. The number of nitrogens with one attached hydrogen (secondary N) is 1. The SMILES string of the molecule is CCC1CC(c2ccc3ccccc3c2)=CCN1. The summed E-state index contributed by atoms with van der Waals surface area (Å²) >= 11 is 0. The van der Waals surface area contributed by atoms with Crippen LogP contribution in [-0.2, 0) is 0 Å². The van der Waals surface area contributed by atoms with Crippen LogP contribution in [0.4, 0.5) is 0 Å². The molecule has 1 aliphatic heterocycles. The van der Waals surface area contributed by atoms with E-state index in [1.165, 1.54) is 28.3 Å². The van der Waals surface area contributed by atoms with E-state index in [0.717, 1.165) is 13.0 Å². The van der Waals surface area contributed by atoms with Gasteiger partial charge in [-0.1, -0.05) is 49.4 Å². The molecule has 0 saturated carbocycles. The topological polar surface area (TPSA) is 12.0 Å². The number of hydrogen-bond donors (Lipinski definition) is 1. The molecule has 2 aromatic rings. The largest absolute Gasteiger partial charge is 0.310 e. The molecule has 0 saturated heterocycles. The fourth-order valence-corrected chi connectivity index (χ4v) is 2.68. The summed E-state index contributed by atoms with van der Waals surface area (Å²) in [6.07, 6.45) is 4.68. The molecule has 0 radical (unpaired) electrons. The van der Waals surface area contributed by atoms with E-state index in [0.29, 0.717) is 6.04 Å². The molecule has 0 aromatic heterocycles. The average Bonchev–Trinajstić information content (AvgIpc) is 2.47. The predicted molar refractivity (Wildman–Crippen MR) is 78.6 cm³/mol. The molecular weight excluding hydrogens is 218 g/mol. The molecular formula is C17H19N. The lowest BCUT2D eigenvalue weighted by Gasteiger charge is -2.23. The van der Waals surface area contributed by atoms with Crippen molar-refractivity contribution < 1.29 is 0 Å². The van der Waals surface area contributed by atoms with E-state index >= 15 is 0 Å². The molecule has 18 heavy (non-hydrogen) atoms. The number of rotatable bonds is 2. The zero-order valence-corrected chi connectivity index (χ0v) is 10.8. The van der Waals surface area contributed by atoms with Gasteiger partial charge in [0.25, 0.3) is 0 Å². The molecule has 1 heteroatoms. The third-order valence-electron chi connectivity index (χ3n) is 3.83. The second-order valence-corrected chi connectivity index (χ2v) is 5.01. The van der Waals surface area contributed by atoms with Crippen molar-refractivity contribution >= 4 is 16.3 Å². The lowest BCUT2D eigenvalue weighted by molar-refractivity contribution is 0.521. The fourth-order valence-electron chi connectivity index (χ4n) is 2.68. The van der Waals surface area contributed by atoms with Crippen molar-refractivity contribution in [1.82, 2.24) is 5.32 Å². The van der Waals surface area contributed by atoms with Crippen LogP contribution < -0.4 is 5.32 Å². The molecule has 0 bridgehead atoms. The van der Waals surface area contributed by atoms with Crippen LogP contribution in [0, 0.1) is 0 Å². The van der Waals surface area contributed by atoms with E-state index in [9.17, 15) is 0 Å². The highest BCUT2D eigenvalue weighted by Crippen LogP contribution is 2.26.